The highest BCUT2D eigenvalue weighted by Gasteiger charge is 2.15. The second-order valence-corrected chi connectivity index (χ2v) is 4.36. The summed E-state index contributed by atoms with van der Waals surface area (Å²) in [6.45, 7) is 9.28. The molecule has 1 aromatic rings. The molecular formula is C11H17N3. The van der Waals surface area contributed by atoms with Gasteiger partial charge in [-0.2, -0.15) is 10.2 Å². The molecule has 14 heavy (non-hydrogen) atoms. The highest BCUT2D eigenvalue weighted by Crippen LogP contribution is 2.22. The molecule has 0 atom stereocenters. The van der Waals surface area contributed by atoms with Gasteiger partial charge in [-0.25, -0.2) is 0 Å². The summed E-state index contributed by atoms with van der Waals surface area (Å²) in [6, 6.07) is 2.25. The number of nitrogens with zero attached hydrogens (tertiary/aromatic N) is 3. The van der Waals surface area contributed by atoms with Crippen LogP contribution in [-0.4, -0.2) is 4.57 Å². The van der Waals surface area contributed by atoms with Gasteiger partial charge in [0.2, 0.25) is 0 Å². The minimum atomic E-state index is 0.684. The Labute approximate surface area is 84.8 Å². The van der Waals surface area contributed by atoms with Crippen molar-refractivity contribution in [1.82, 2.24) is 4.57 Å². The average molecular weight is 191 g/mol. The van der Waals surface area contributed by atoms with E-state index in [2.05, 4.69) is 41.6 Å². The van der Waals surface area contributed by atoms with Crippen molar-refractivity contribution in [1.29, 1.82) is 0 Å². The van der Waals surface area contributed by atoms with Crippen LogP contribution in [0.1, 0.15) is 30.8 Å². The third-order valence-electron chi connectivity index (χ3n) is 2.61. The van der Waals surface area contributed by atoms with Gasteiger partial charge in [-0.05, 0) is 24.5 Å². The third kappa shape index (κ3) is 1.59. The summed E-state index contributed by atoms with van der Waals surface area (Å²) >= 11 is 0. The van der Waals surface area contributed by atoms with Gasteiger partial charge in [-0.15, -0.1) is 0 Å². The van der Waals surface area contributed by atoms with Gasteiger partial charge in [-0.1, -0.05) is 13.8 Å². The topological polar surface area (TPSA) is 29.6 Å². The molecule has 0 bridgehead atoms. The van der Waals surface area contributed by atoms with Crippen LogP contribution in [0.5, 0.6) is 0 Å². The van der Waals surface area contributed by atoms with Crippen molar-refractivity contribution in [2.24, 2.45) is 16.1 Å². The van der Waals surface area contributed by atoms with Gasteiger partial charge in [0, 0.05) is 17.9 Å². The molecule has 0 N–H and O–H groups in total. The van der Waals surface area contributed by atoms with Crippen LogP contribution in [0.15, 0.2) is 16.3 Å². The maximum atomic E-state index is 4.10. The first-order valence-corrected chi connectivity index (χ1v) is 5.19. The number of azo groups is 1. The lowest BCUT2D eigenvalue weighted by Gasteiger charge is -2.14. The van der Waals surface area contributed by atoms with E-state index >= 15 is 0 Å². The summed E-state index contributed by atoms with van der Waals surface area (Å²) in [4.78, 5) is 0. The number of hydrogen-bond donors (Lipinski definition) is 0. The molecule has 1 aliphatic heterocycles. The fourth-order valence-corrected chi connectivity index (χ4v) is 1.99. The van der Waals surface area contributed by atoms with Gasteiger partial charge in [0.1, 0.15) is 6.54 Å². The van der Waals surface area contributed by atoms with E-state index in [0.717, 1.165) is 19.6 Å². The second kappa shape index (κ2) is 3.56. The third-order valence-corrected chi connectivity index (χ3v) is 2.61. The Morgan fingerprint density at radius 3 is 2.79 bits per heavy atom. The van der Waals surface area contributed by atoms with E-state index in [-0.39, 0.29) is 0 Å². The molecule has 0 saturated heterocycles. The van der Waals surface area contributed by atoms with Crippen LogP contribution in [0.25, 0.3) is 0 Å². The van der Waals surface area contributed by atoms with Crippen molar-refractivity contribution < 1.29 is 0 Å². The van der Waals surface area contributed by atoms with E-state index in [9.17, 15) is 0 Å². The Hall–Kier alpha value is -1.12. The lowest BCUT2D eigenvalue weighted by atomic mass is 10.2. The fourth-order valence-electron chi connectivity index (χ4n) is 1.99. The van der Waals surface area contributed by atoms with Crippen molar-refractivity contribution in [2.75, 3.05) is 0 Å². The summed E-state index contributed by atoms with van der Waals surface area (Å²) in [5, 5.41) is 8.17. The zero-order chi connectivity index (χ0) is 10.1. The summed E-state index contributed by atoms with van der Waals surface area (Å²) in [5.41, 5.74) is 4.07. The molecule has 1 aliphatic rings. The molecule has 0 saturated carbocycles. The van der Waals surface area contributed by atoms with E-state index in [0.29, 0.717) is 5.92 Å². The van der Waals surface area contributed by atoms with Crippen molar-refractivity contribution in [3.8, 4) is 0 Å². The van der Waals surface area contributed by atoms with Gasteiger partial charge in [-0.3, -0.25) is 0 Å². The molecule has 0 aliphatic carbocycles. The van der Waals surface area contributed by atoms with Crippen LogP contribution in [0.2, 0.25) is 0 Å². The number of aryl methyl sites for hydroxylation is 1. The van der Waals surface area contributed by atoms with Crippen LogP contribution < -0.4 is 0 Å². The fraction of sp³-hybridized carbons (Fsp3) is 0.636. The van der Waals surface area contributed by atoms with E-state index in [1.165, 1.54) is 17.0 Å². The van der Waals surface area contributed by atoms with Crippen LogP contribution in [0, 0.1) is 12.8 Å². The largest absolute Gasteiger partial charge is 0.347 e. The highest BCUT2D eigenvalue weighted by atomic mass is 15.1. The lowest BCUT2D eigenvalue weighted by molar-refractivity contribution is 0.498. The van der Waals surface area contributed by atoms with E-state index in [1.54, 1.807) is 0 Å². The molecule has 0 amide bonds. The Balaban J connectivity index is 2.35. The molecular weight excluding hydrogens is 174 g/mol. The first-order chi connectivity index (χ1) is 6.68. The van der Waals surface area contributed by atoms with Crippen LogP contribution in [0.4, 0.5) is 0 Å². The lowest BCUT2D eigenvalue weighted by Crippen LogP contribution is -2.10. The van der Waals surface area contributed by atoms with Gasteiger partial charge < -0.3 is 4.57 Å². The Morgan fingerprint density at radius 1 is 1.36 bits per heavy atom. The molecule has 2 heterocycles. The van der Waals surface area contributed by atoms with Crippen molar-refractivity contribution >= 4 is 0 Å². The molecule has 0 spiro atoms. The van der Waals surface area contributed by atoms with Gasteiger partial charge in [0.15, 0.2) is 0 Å². The monoisotopic (exact) mass is 191 g/mol. The number of fused-ring (bicyclic) bond motifs is 1. The first-order valence-electron chi connectivity index (χ1n) is 5.19. The van der Waals surface area contributed by atoms with Crippen molar-refractivity contribution in [3.63, 3.8) is 0 Å². The number of hydrogen-bond acceptors (Lipinski definition) is 2. The predicted octanol–water partition coefficient (Wildman–Crippen LogP) is 2.92. The minimum Gasteiger partial charge on any atom is -0.347 e. The highest BCUT2D eigenvalue weighted by molar-refractivity contribution is 5.28. The van der Waals surface area contributed by atoms with Crippen LogP contribution >= 0.6 is 0 Å². The minimum absolute atomic E-state index is 0.684. The molecule has 1 aromatic heterocycles. The molecule has 0 fully saturated rings. The zero-order valence-corrected chi connectivity index (χ0v) is 9.12. The molecule has 3 nitrogen and oxygen atoms in total. The Bertz CT molecular complexity index is 361. The Morgan fingerprint density at radius 2 is 2.07 bits per heavy atom. The standard InChI is InChI=1S/C11H17N3/c1-8(2)7-14-9(3)4-10-5-12-13-6-11(10)14/h4,8H,5-7H2,1-3H3. The van der Waals surface area contributed by atoms with Gasteiger partial charge in [0.05, 0.1) is 6.54 Å². The van der Waals surface area contributed by atoms with Crippen molar-refractivity contribution in [2.45, 2.75) is 40.4 Å². The van der Waals surface area contributed by atoms with Gasteiger partial charge in [0.25, 0.3) is 0 Å². The van der Waals surface area contributed by atoms with Gasteiger partial charge >= 0.3 is 0 Å². The second-order valence-electron chi connectivity index (χ2n) is 4.36. The van der Waals surface area contributed by atoms with E-state index in [1.807, 2.05) is 0 Å². The average Bonchev–Trinajstić information content (AvgIpc) is 2.43. The maximum Gasteiger partial charge on any atom is 0.100 e. The van der Waals surface area contributed by atoms with Crippen LogP contribution in [0.3, 0.4) is 0 Å². The number of rotatable bonds is 2. The molecule has 0 aromatic carbocycles. The molecule has 2 rings (SSSR count). The smallest absolute Gasteiger partial charge is 0.100 e. The summed E-state index contributed by atoms with van der Waals surface area (Å²) in [7, 11) is 0. The molecule has 76 valence electrons. The van der Waals surface area contributed by atoms with Crippen molar-refractivity contribution in [3.05, 3.63) is 23.0 Å². The normalized spacial score (nSPS) is 14.9. The molecule has 0 radical (unpaired) electrons. The zero-order valence-electron chi connectivity index (χ0n) is 9.12. The number of aromatic nitrogens is 1. The molecule has 3 heteroatoms. The quantitative estimate of drug-likeness (QED) is 0.688. The first kappa shape index (κ1) is 9.44. The Kier molecular flexibility index (Phi) is 2.40. The molecule has 0 unspecified atom stereocenters. The van der Waals surface area contributed by atoms with E-state index < -0.39 is 0 Å². The SMILES string of the molecule is Cc1cc2c(n1CC(C)C)CN=NC2. The summed E-state index contributed by atoms with van der Waals surface area (Å²) in [6.07, 6.45) is 0. The predicted molar refractivity (Wildman–Crippen MR) is 56.3 cm³/mol. The summed E-state index contributed by atoms with van der Waals surface area (Å²) < 4.78 is 2.39. The van der Waals surface area contributed by atoms with Crippen LogP contribution in [-0.2, 0) is 19.6 Å². The maximum absolute atomic E-state index is 4.10. The van der Waals surface area contributed by atoms with E-state index in [4.69, 9.17) is 0 Å². The summed E-state index contributed by atoms with van der Waals surface area (Å²) in [5.74, 6) is 0.684.